The number of nitrogens with zero attached hydrogens (tertiary/aromatic N) is 2. The Bertz CT molecular complexity index is 806. The highest BCUT2D eigenvalue weighted by atomic mass is 35.5. The van der Waals surface area contributed by atoms with Gasteiger partial charge in [0.15, 0.2) is 0 Å². The van der Waals surface area contributed by atoms with Gasteiger partial charge >= 0.3 is 0 Å². The van der Waals surface area contributed by atoms with Crippen LogP contribution in [0.5, 0.6) is 5.75 Å². The number of benzene rings is 2. The van der Waals surface area contributed by atoms with Gasteiger partial charge in [-0.1, -0.05) is 41.4 Å². The standard InChI is InChI=1S/C20H20Cl2N2O3/c21-17-7-6-15(14-18(17)22)20(26)24-11-9-23(10-12-24)19(25)8-13-27-16-4-2-1-3-5-16/h1-7,14H,8-13H2. The summed E-state index contributed by atoms with van der Waals surface area (Å²) in [7, 11) is 0. The number of halogens is 2. The summed E-state index contributed by atoms with van der Waals surface area (Å²) >= 11 is 11.9. The third kappa shape index (κ3) is 5.15. The molecule has 0 spiro atoms. The Hall–Kier alpha value is -2.24. The first kappa shape index (κ1) is 19.5. The first-order chi connectivity index (χ1) is 13.0. The van der Waals surface area contributed by atoms with Gasteiger partial charge in [-0.3, -0.25) is 9.59 Å². The van der Waals surface area contributed by atoms with E-state index in [1.54, 1.807) is 28.0 Å². The molecule has 1 aliphatic rings. The lowest BCUT2D eigenvalue weighted by Crippen LogP contribution is -2.50. The van der Waals surface area contributed by atoms with Crippen LogP contribution in [0.2, 0.25) is 10.0 Å². The van der Waals surface area contributed by atoms with Gasteiger partial charge in [-0.05, 0) is 30.3 Å². The third-order valence-corrected chi connectivity index (χ3v) is 5.15. The number of rotatable bonds is 5. The van der Waals surface area contributed by atoms with Crippen LogP contribution in [0.3, 0.4) is 0 Å². The Morgan fingerprint density at radius 3 is 2.22 bits per heavy atom. The fraction of sp³-hybridized carbons (Fsp3) is 0.300. The Balaban J connectivity index is 1.45. The fourth-order valence-electron chi connectivity index (χ4n) is 2.90. The van der Waals surface area contributed by atoms with E-state index in [0.717, 1.165) is 5.75 Å². The van der Waals surface area contributed by atoms with Gasteiger partial charge in [-0.25, -0.2) is 0 Å². The van der Waals surface area contributed by atoms with Crippen LogP contribution < -0.4 is 4.74 Å². The van der Waals surface area contributed by atoms with Crippen LogP contribution in [0.15, 0.2) is 48.5 Å². The monoisotopic (exact) mass is 406 g/mol. The van der Waals surface area contributed by atoms with E-state index in [1.165, 1.54) is 0 Å². The maximum absolute atomic E-state index is 12.6. The van der Waals surface area contributed by atoms with Crippen molar-refractivity contribution in [2.24, 2.45) is 0 Å². The number of piperazine rings is 1. The van der Waals surface area contributed by atoms with Crippen LogP contribution in [0, 0.1) is 0 Å². The molecule has 0 aliphatic carbocycles. The van der Waals surface area contributed by atoms with E-state index >= 15 is 0 Å². The van der Waals surface area contributed by atoms with Crippen LogP contribution >= 0.6 is 23.2 Å². The van der Waals surface area contributed by atoms with E-state index in [2.05, 4.69) is 0 Å². The van der Waals surface area contributed by atoms with Crippen LogP contribution in [0.4, 0.5) is 0 Å². The normalized spacial score (nSPS) is 14.1. The highest BCUT2D eigenvalue weighted by Gasteiger charge is 2.25. The summed E-state index contributed by atoms with van der Waals surface area (Å²) in [5.41, 5.74) is 0.500. The number of carbonyl (C=O) groups is 2. The van der Waals surface area contributed by atoms with Crippen molar-refractivity contribution in [2.75, 3.05) is 32.8 Å². The second-order valence-corrected chi connectivity index (χ2v) is 7.03. The quantitative estimate of drug-likeness (QED) is 0.759. The lowest BCUT2D eigenvalue weighted by atomic mass is 10.1. The lowest BCUT2D eigenvalue weighted by Gasteiger charge is -2.35. The lowest BCUT2D eigenvalue weighted by molar-refractivity contribution is -0.133. The second kappa shape index (κ2) is 9.11. The van der Waals surface area contributed by atoms with Gasteiger partial charge in [-0.2, -0.15) is 0 Å². The van der Waals surface area contributed by atoms with E-state index in [9.17, 15) is 9.59 Å². The minimum atomic E-state index is -0.104. The first-order valence-corrected chi connectivity index (χ1v) is 9.50. The minimum Gasteiger partial charge on any atom is -0.493 e. The summed E-state index contributed by atoms with van der Waals surface area (Å²) < 4.78 is 5.57. The average Bonchev–Trinajstić information content (AvgIpc) is 2.70. The molecule has 142 valence electrons. The molecule has 3 rings (SSSR count). The van der Waals surface area contributed by atoms with Crippen molar-refractivity contribution in [3.05, 3.63) is 64.1 Å². The second-order valence-electron chi connectivity index (χ2n) is 6.21. The smallest absolute Gasteiger partial charge is 0.254 e. The molecule has 5 nitrogen and oxygen atoms in total. The summed E-state index contributed by atoms with van der Waals surface area (Å²) in [6, 6.07) is 14.3. The molecule has 2 amide bonds. The van der Waals surface area contributed by atoms with E-state index in [1.807, 2.05) is 30.3 Å². The Morgan fingerprint density at radius 1 is 0.889 bits per heavy atom. The number of hydrogen-bond acceptors (Lipinski definition) is 3. The Kier molecular flexibility index (Phi) is 6.58. The van der Waals surface area contributed by atoms with Crippen LogP contribution in [-0.4, -0.2) is 54.4 Å². The third-order valence-electron chi connectivity index (χ3n) is 4.41. The van der Waals surface area contributed by atoms with Crippen molar-refractivity contribution in [2.45, 2.75) is 6.42 Å². The van der Waals surface area contributed by atoms with Gasteiger partial charge in [0.1, 0.15) is 5.75 Å². The van der Waals surface area contributed by atoms with Crippen LogP contribution in [0.25, 0.3) is 0 Å². The van der Waals surface area contributed by atoms with Gasteiger partial charge in [-0.15, -0.1) is 0 Å². The Labute approximate surface area is 168 Å². The van der Waals surface area contributed by atoms with Gasteiger partial charge in [0.2, 0.25) is 5.91 Å². The van der Waals surface area contributed by atoms with Crippen molar-refractivity contribution in [1.82, 2.24) is 9.80 Å². The first-order valence-electron chi connectivity index (χ1n) is 8.74. The van der Waals surface area contributed by atoms with Crippen LogP contribution in [0.1, 0.15) is 16.8 Å². The summed E-state index contributed by atoms with van der Waals surface area (Å²) in [4.78, 5) is 28.4. The zero-order valence-corrected chi connectivity index (χ0v) is 16.2. The summed E-state index contributed by atoms with van der Waals surface area (Å²) in [6.45, 7) is 2.34. The van der Waals surface area contributed by atoms with Crippen molar-refractivity contribution < 1.29 is 14.3 Å². The number of hydrogen-bond donors (Lipinski definition) is 0. The number of ether oxygens (including phenoxy) is 1. The molecule has 0 atom stereocenters. The van der Waals surface area contributed by atoms with Crippen molar-refractivity contribution in [3.8, 4) is 5.75 Å². The molecule has 2 aromatic carbocycles. The molecule has 0 unspecified atom stereocenters. The maximum Gasteiger partial charge on any atom is 0.254 e. The van der Waals surface area contributed by atoms with Gasteiger partial charge in [0.25, 0.3) is 5.91 Å². The molecule has 1 heterocycles. The predicted molar refractivity (Wildman–Crippen MR) is 105 cm³/mol. The summed E-state index contributed by atoms with van der Waals surface area (Å²) in [6.07, 6.45) is 0.315. The molecule has 0 saturated carbocycles. The molecule has 27 heavy (non-hydrogen) atoms. The van der Waals surface area contributed by atoms with E-state index < -0.39 is 0 Å². The number of carbonyl (C=O) groups excluding carboxylic acids is 2. The SMILES string of the molecule is O=C(CCOc1ccccc1)N1CCN(C(=O)c2ccc(Cl)c(Cl)c2)CC1. The highest BCUT2D eigenvalue weighted by molar-refractivity contribution is 6.42. The molecule has 0 aromatic heterocycles. The molecule has 2 aromatic rings. The summed E-state index contributed by atoms with van der Waals surface area (Å²) in [5, 5.41) is 0.774. The number of amides is 2. The molecule has 1 fully saturated rings. The minimum absolute atomic E-state index is 0.0348. The van der Waals surface area contributed by atoms with Crippen molar-refractivity contribution >= 4 is 35.0 Å². The topological polar surface area (TPSA) is 49.9 Å². The average molecular weight is 407 g/mol. The fourth-order valence-corrected chi connectivity index (χ4v) is 3.20. The maximum atomic E-state index is 12.6. The van der Waals surface area contributed by atoms with Gasteiger partial charge in [0, 0.05) is 31.7 Å². The molecular weight excluding hydrogens is 387 g/mol. The number of para-hydroxylation sites is 1. The highest BCUT2D eigenvalue weighted by Crippen LogP contribution is 2.23. The largest absolute Gasteiger partial charge is 0.493 e. The van der Waals surface area contributed by atoms with E-state index in [4.69, 9.17) is 27.9 Å². The van der Waals surface area contributed by atoms with E-state index in [0.29, 0.717) is 54.8 Å². The zero-order chi connectivity index (χ0) is 19.2. The molecular formula is C20H20Cl2N2O3. The Morgan fingerprint density at radius 2 is 1.56 bits per heavy atom. The van der Waals surface area contributed by atoms with Gasteiger partial charge < -0.3 is 14.5 Å². The molecule has 0 bridgehead atoms. The van der Waals surface area contributed by atoms with E-state index in [-0.39, 0.29) is 11.8 Å². The van der Waals surface area contributed by atoms with Crippen LogP contribution in [-0.2, 0) is 4.79 Å². The molecule has 1 aliphatic heterocycles. The van der Waals surface area contributed by atoms with Gasteiger partial charge in [0.05, 0.1) is 23.1 Å². The van der Waals surface area contributed by atoms with Crippen molar-refractivity contribution in [1.29, 1.82) is 0 Å². The molecule has 7 heteroatoms. The molecule has 1 saturated heterocycles. The van der Waals surface area contributed by atoms with Crippen molar-refractivity contribution in [3.63, 3.8) is 0 Å². The molecule has 0 N–H and O–H groups in total. The predicted octanol–water partition coefficient (Wildman–Crippen LogP) is 3.75. The zero-order valence-electron chi connectivity index (χ0n) is 14.7. The molecule has 0 radical (unpaired) electrons. The summed E-state index contributed by atoms with van der Waals surface area (Å²) in [5.74, 6) is 0.683.